The third-order valence-electron chi connectivity index (χ3n) is 5.22. The van der Waals surface area contributed by atoms with Gasteiger partial charge in [0.1, 0.15) is 5.75 Å². The van der Waals surface area contributed by atoms with Gasteiger partial charge < -0.3 is 9.47 Å². The van der Waals surface area contributed by atoms with Crippen LogP contribution in [-0.4, -0.2) is 28.6 Å². The SMILES string of the molecule is COC(=O)c1ccc(C#Cc2ccccc2NS(=O)(=O)c2ccc(OC)c3c2C=C=CC=C3)cc1. The van der Waals surface area contributed by atoms with E-state index in [1.165, 1.54) is 20.3 Å². The molecule has 174 valence electrons. The number of fused-ring (bicyclic) bond motifs is 1. The number of ether oxygens (including phenoxy) is 2. The van der Waals surface area contributed by atoms with Crippen LogP contribution in [0.15, 0.2) is 83.4 Å². The Bertz CT molecular complexity index is 1550. The molecule has 0 spiro atoms. The van der Waals surface area contributed by atoms with Crippen LogP contribution >= 0.6 is 0 Å². The van der Waals surface area contributed by atoms with E-state index in [0.29, 0.717) is 39.3 Å². The Morgan fingerprint density at radius 1 is 0.943 bits per heavy atom. The summed E-state index contributed by atoms with van der Waals surface area (Å²) in [5, 5.41) is 0. The van der Waals surface area contributed by atoms with Crippen molar-refractivity contribution in [3.05, 3.63) is 106 Å². The number of methoxy groups -OCH3 is 2. The van der Waals surface area contributed by atoms with E-state index in [1.54, 1.807) is 78.9 Å². The van der Waals surface area contributed by atoms with Crippen LogP contribution < -0.4 is 9.46 Å². The van der Waals surface area contributed by atoms with E-state index in [2.05, 4.69) is 22.3 Å². The van der Waals surface area contributed by atoms with Crippen molar-refractivity contribution in [1.82, 2.24) is 0 Å². The minimum Gasteiger partial charge on any atom is -0.496 e. The first-order valence-corrected chi connectivity index (χ1v) is 12.0. The average Bonchev–Trinajstić information content (AvgIpc) is 3.13. The zero-order valence-corrected chi connectivity index (χ0v) is 19.8. The van der Waals surface area contributed by atoms with Crippen LogP contribution in [0.4, 0.5) is 5.69 Å². The quantitative estimate of drug-likeness (QED) is 0.318. The van der Waals surface area contributed by atoms with Gasteiger partial charge in [-0.2, -0.15) is 0 Å². The molecule has 0 bridgehead atoms. The molecule has 4 rings (SSSR count). The van der Waals surface area contributed by atoms with Crippen molar-refractivity contribution in [2.45, 2.75) is 4.90 Å². The first kappa shape index (κ1) is 23.7. The van der Waals surface area contributed by atoms with E-state index < -0.39 is 16.0 Å². The van der Waals surface area contributed by atoms with Gasteiger partial charge in [0.2, 0.25) is 0 Å². The average molecular weight is 484 g/mol. The first-order chi connectivity index (χ1) is 16.9. The molecule has 6 nitrogen and oxygen atoms in total. The van der Waals surface area contributed by atoms with Crippen LogP contribution in [0.25, 0.3) is 12.2 Å². The van der Waals surface area contributed by atoms with Gasteiger partial charge in [-0.1, -0.05) is 30.0 Å². The second-order valence-corrected chi connectivity index (χ2v) is 9.05. The molecule has 3 aromatic carbocycles. The predicted molar refractivity (Wildman–Crippen MR) is 136 cm³/mol. The molecule has 0 unspecified atom stereocenters. The highest BCUT2D eigenvalue weighted by Gasteiger charge is 2.22. The van der Waals surface area contributed by atoms with Crippen molar-refractivity contribution in [2.24, 2.45) is 0 Å². The molecule has 0 aromatic heterocycles. The summed E-state index contributed by atoms with van der Waals surface area (Å²) in [6.45, 7) is 0. The second-order valence-electron chi connectivity index (χ2n) is 7.40. The summed E-state index contributed by atoms with van der Waals surface area (Å²) in [5.41, 5.74) is 6.03. The molecule has 7 heteroatoms. The van der Waals surface area contributed by atoms with E-state index in [9.17, 15) is 13.2 Å². The lowest BCUT2D eigenvalue weighted by Gasteiger charge is -2.15. The van der Waals surface area contributed by atoms with Gasteiger partial charge in [0.15, 0.2) is 0 Å². The number of nitrogens with one attached hydrogen (secondary N) is 1. The summed E-state index contributed by atoms with van der Waals surface area (Å²) in [6.07, 6.45) is 6.88. The molecule has 1 N–H and O–H groups in total. The Labute approximate surface area is 204 Å². The number of allylic oxidation sites excluding steroid dienone is 2. The third-order valence-corrected chi connectivity index (χ3v) is 6.64. The van der Waals surface area contributed by atoms with Crippen LogP contribution in [0.3, 0.4) is 0 Å². The van der Waals surface area contributed by atoms with Gasteiger partial charge in [0.05, 0.1) is 30.4 Å². The standard InChI is InChI=1S/C28H21NO5S/c1-33-26-18-19-27(24-10-5-3-4-9-23(24)26)35(31,32)29-25-11-7-6-8-21(25)15-12-20-13-16-22(17-14-20)28(30)34-2/h3-4,6-11,13-14,16-19,29H,1-2H3. The molecule has 1 aliphatic carbocycles. The van der Waals surface area contributed by atoms with Crippen molar-refractivity contribution in [3.8, 4) is 17.6 Å². The maximum atomic E-state index is 13.4. The molecule has 0 saturated carbocycles. The molecule has 3 aromatic rings. The predicted octanol–water partition coefficient (Wildman–Crippen LogP) is 4.88. The molecular formula is C28H21NO5S. The van der Waals surface area contributed by atoms with E-state index in [0.717, 1.165) is 0 Å². The molecule has 0 heterocycles. The molecule has 0 fully saturated rings. The summed E-state index contributed by atoms with van der Waals surface area (Å²) in [4.78, 5) is 11.7. The minimum absolute atomic E-state index is 0.0990. The van der Waals surface area contributed by atoms with Crippen LogP contribution in [0, 0.1) is 11.8 Å². The van der Waals surface area contributed by atoms with Gasteiger partial charge in [0, 0.05) is 22.3 Å². The Morgan fingerprint density at radius 2 is 1.71 bits per heavy atom. The van der Waals surface area contributed by atoms with Crippen LogP contribution in [0.1, 0.15) is 32.6 Å². The Balaban J connectivity index is 1.67. The molecule has 0 saturated heterocycles. The number of carbonyl (C=O) groups excluding carboxylic acids is 1. The number of esters is 1. The Hall–Kier alpha value is -4.50. The lowest BCUT2D eigenvalue weighted by atomic mass is 10.1. The Morgan fingerprint density at radius 3 is 2.46 bits per heavy atom. The lowest BCUT2D eigenvalue weighted by Crippen LogP contribution is -2.15. The maximum Gasteiger partial charge on any atom is 0.337 e. The van der Waals surface area contributed by atoms with Crippen molar-refractivity contribution >= 4 is 33.8 Å². The number of sulfonamides is 1. The van der Waals surface area contributed by atoms with Crippen LogP contribution in [0.5, 0.6) is 5.75 Å². The zero-order chi connectivity index (χ0) is 24.8. The van der Waals surface area contributed by atoms with Gasteiger partial charge in [-0.25, -0.2) is 13.2 Å². The molecule has 0 amide bonds. The number of carbonyl (C=O) groups is 1. The maximum absolute atomic E-state index is 13.4. The Kier molecular flexibility index (Phi) is 6.88. The van der Waals surface area contributed by atoms with E-state index in [1.807, 2.05) is 0 Å². The molecule has 0 atom stereocenters. The van der Waals surface area contributed by atoms with Crippen molar-refractivity contribution in [3.63, 3.8) is 0 Å². The molecule has 0 radical (unpaired) electrons. The largest absolute Gasteiger partial charge is 0.496 e. The number of rotatable bonds is 5. The fraction of sp³-hybridized carbons (Fsp3) is 0.0714. The summed E-state index contributed by atoms with van der Waals surface area (Å²) < 4.78 is 39.6. The summed E-state index contributed by atoms with van der Waals surface area (Å²) in [5.74, 6) is 6.14. The number of benzene rings is 3. The van der Waals surface area contributed by atoms with Gasteiger partial charge in [-0.05, 0) is 66.8 Å². The highest BCUT2D eigenvalue weighted by atomic mass is 32.2. The fourth-order valence-corrected chi connectivity index (χ4v) is 4.77. The van der Waals surface area contributed by atoms with Gasteiger partial charge in [-0.15, -0.1) is 5.73 Å². The zero-order valence-electron chi connectivity index (χ0n) is 19.0. The smallest absolute Gasteiger partial charge is 0.337 e. The number of hydrogen-bond donors (Lipinski definition) is 1. The van der Waals surface area contributed by atoms with E-state index >= 15 is 0 Å². The second kappa shape index (κ2) is 10.2. The minimum atomic E-state index is -3.96. The van der Waals surface area contributed by atoms with E-state index in [4.69, 9.17) is 9.47 Å². The molecule has 0 aliphatic heterocycles. The summed E-state index contributed by atoms with van der Waals surface area (Å²) in [6, 6.07) is 16.7. The first-order valence-electron chi connectivity index (χ1n) is 10.6. The molecule has 1 aliphatic rings. The van der Waals surface area contributed by atoms with Gasteiger partial charge >= 0.3 is 5.97 Å². The third kappa shape index (κ3) is 5.20. The monoisotopic (exact) mass is 483 g/mol. The lowest BCUT2D eigenvalue weighted by molar-refractivity contribution is 0.0600. The highest BCUT2D eigenvalue weighted by Crippen LogP contribution is 2.32. The van der Waals surface area contributed by atoms with Crippen LogP contribution in [0.2, 0.25) is 0 Å². The number of anilines is 1. The van der Waals surface area contributed by atoms with Crippen molar-refractivity contribution in [2.75, 3.05) is 18.9 Å². The normalized spacial score (nSPS) is 11.6. The molecular weight excluding hydrogens is 462 g/mol. The topological polar surface area (TPSA) is 81.7 Å². The van der Waals surface area contributed by atoms with Crippen LogP contribution in [-0.2, 0) is 14.8 Å². The van der Waals surface area contributed by atoms with Crippen molar-refractivity contribution < 1.29 is 22.7 Å². The van der Waals surface area contributed by atoms with Gasteiger partial charge in [0.25, 0.3) is 10.0 Å². The summed E-state index contributed by atoms with van der Waals surface area (Å²) >= 11 is 0. The van der Waals surface area contributed by atoms with E-state index in [-0.39, 0.29) is 4.90 Å². The summed E-state index contributed by atoms with van der Waals surface area (Å²) in [7, 11) is -1.11. The number of para-hydroxylation sites is 1. The van der Waals surface area contributed by atoms with Gasteiger partial charge in [-0.3, -0.25) is 4.72 Å². The fourth-order valence-electron chi connectivity index (χ4n) is 3.49. The molecule has 35 heavy (non-hydrogen) atoms. The number of hydrogen-bond acceptors (Lipinski definition) is 5. The van der Waals surface area contributed by atoms with Crippen molar-refractivity contribution in [1.29, 1.82) is 0 Å². The highest BCUT2D eigenvalue weighted by molar-refractivity contribution is 7.92.